The lowest BCUT2D eigenvalue weighted by Gasteiger charge is -2.10. The zero-order valence-corrected chi connectivity index (χ0v) is 15.7. The third-order valence-corrected chi connectivity index (χ3v) is 4.19. The summed E-state index contributed by atoms with van der Waals surface area (Å²) < 4.78 is 5.15. The zero-order chi connectivity index (χ0) is 19.9. The number of amides is 2. The van der Waals surface area contributed by atoms with E-state index in [-0.39, 0.29) is 17.3 Å². The van der Waals surface area contributed by atoms with Crippen molar-refractivity contribution in [2.45, 2.75) is 13.3 Å². The number of hydrogen-bond acceptors (Lipinski definition) is 4. The Hall–Kier alpha value is -3.67. The van der Waals surface area contributed by atoms with Gasteiger partial charge in [0.25, 0.3) is 11.8 Å². The fraction of sp³-hybridized carbons (Fsp3) is 0.136. The molecule has 142 valence electrons. The Morgan fingerprint density at radius 3 is 2.29 bits per heavy atom. The molecular formula is C22H21N3O3. The van der Waals surface area contributed by atoms with Gasteiger partial charge in [0.1, 0.15) is 17.1 Å². The van der Waals surface area contributed by atoms with E-state index in [0.29, 0.717) is 11.4 Å². The third kappa shape index (κ3) is 4.54. The minimum absolute atomic E-state index is 0.152. The first-order valence-electron chi connectivity index (χ1n) is 8.92. The molecule has 2 N–H and O–H groups in total. The van der Waals surface area contributed by atoms with Crippen molar-refractivity contribution < 1.29 is 14.3 Å². The molecule has 2 aromatic carbocycles. The molecule has 0 aliphatic carbocycles. The molecule has 0 radical (unpaired) electrons. The van der Waals surface area contributed by atoms with Crippen molar-refractivity contribution in [3.63, 3.8) is 0 Å². The summed E-state index contributed by atoms with van der Waals surface area (Å²) in [7, 11) is 1.56. The van der Waals surface area contributed by atoms with E-state index >= 15 is 0 Å². The molecule has 0 saturated heterocycles. The van der Waals surface area contributed by atoms with Crippen LogP contribution in [0.15, 0.2) is 66.7 Å². The van der Waals surface area contributed by atoms with Gasteiger partial charge in [0.05, 0.1) is 7.11 Å². The summed E-state index contributed by atoms with van der Waals surface area (Å²) in [6, 6.07) is 19.4. The molecule has 0 spiro atoms. The SMILES string of the molecule is CCc1ccccc1NC(=O)c1cccc(C(=O)Nc2cccc(OC)c2)n1. The highest BCUT2D eigenvalue weighted by Gasteiger charge is 2.14. The largest absolute Gasteiger partial charge is 0.497 e. The van der Waals surface area contributed by atoms with Gasteiger partial charge >= 0.3 is 0 Å². The first kappa shape index (κ1) is 19.1. The van der Waals surface area contributed by atoms with Gasteiger partial charge in [-0.15, -0.1) is 0 Å². The number of aryl methyl sites for hydroxylation is 1. The molecule has 3 aromatic rings. The van der Waals surface area contributed by atoms with E-state index in [1.807, 2.05) is 31.2 Å². The molecule has 1 aromatic heterocycles. The second kappa shape index (κ2) is 8.81. The Labute approximate surface area is 163 Å². The van der Waals surface area contributed by atoms with Gasteiger partial charge in [-0.1, -0.05) is 37.3 Å². The van der Waals surface area contributed by atoms with Gasteiger partial charge in [-0.05, 0) is 42.3 Å². The summed E-state index contributed by atoms with van der Waals surface area (Å²) in [6.45, 7) is 2.02. The lowest BCUT2D eigenvalue weighted by Crippen LogP contribution is -2.19. The molecule has 28 heavy (non-hydrogen) atoms. The molecule has 6 heteroatoms. The number of anilines is 2. The molecule has 0 atom stereocenters. The zero-order valence-electron chi connectivity index (χ0n) is 15.7. The number of nitrogens with one attached hydrogen (secondary N) is 2. The van der Waals surface area contributed by atoms with Crippen LogP contribution < -0.4 is 15.4 Å². The van der Waals surface area contributed by atoms with E-state index < -0.39 is 5.91 Å². The molecule has 0 fully saturated rings. The molecule has 3 rings (SSSR count). The number of ether oxygens (including phenoxy) is 1. The summed E-state index contributed by atoms with van der Waals surface area (Å²) in [6.07, 6.45) is 0.798. The summed E-state index contributed by atoms with van der Waals surface area (Å²) in [5.41, 5.74) is 2.67. The van der Waals surface area contributed by atoms with Gasteiger partial charge < -0.3 is 15.4 Å². The van der Waals surface area contributed by atoms with E-state index in [1.165, 1.54) is 0 Å². The molecule has 0 unspecified atom stereocenters. The van der Waals surface area contributed by atoms with Gasteiger partial charge in [0.2, 0.25) is 0 Å². The average Bonchev–Trinajstić information content (AvgIpc) is 2.74. The first-order valence-corrected chi connectivity index (χ1v) is 8.92. The second-order valence-electron chi connectivity index (χ2n) is 6.06. The molecule has 1 heterocycles. The third-order valence-electron chi connectivity index (χ3n) is 4.19. The lowest BCUT2D eigenvalue weighted by atomic mass is 10.1. The van der Waals surface area contributed by atoms with Gasteiger partial charge in [0, 0.05) is 17.4 Å². The summed E-state index contributed by atoms with van der Waals surface area (Å²) in [4.78, 5) is 29.3. The van der Waals surface area contributed by atoms with E-state index in [9.17, 15) is 9.59 Å². The number of carbonyl (C=O) groups is 2. The summed E-state index contributed by atoms with van der Waals surface area (Å²) in [5, 5.41) is 5.61. The monoisotopic (exact) mass is 375 g/mol. The topological polar surface area (TPSA) is 80.3 Å². The number of nitrogens with zero attached hydrogens (tertiary/aromatic N) is 1. The first-order chi connectivity index (χ1) is 13.6. The lowest BCUT2D eigenvalue weighted by molar-refractivity contribution is 0.101. The Balaban J connectivity index is 1.75. The van der Waals surface area contributed by atoms with Crippen LogP contribution in [0, 0.1) is 0 Å². The quantitative estimate of drug-likeness (QED) is 0.678. The van der Waals surface area contributed by atoms with Crippen LogP contribution in [0.25, 0.3) is 0 Å². The summed E-state index contributed by atoms with van der Waals surface area (Å²) >= 11 is 0. The van der Waals surface area contributed by atoms with Crippen LogP contribution in [0.3, 0.4) is 0 Å². The maximum absolute atomic E-state index is 12.6. The van der Waals surface area contributed by atoms with E-state index in [4.69, 9.17) is 4.74 Å². The fourth-order valence-electron chi connectivity index (χ4n) is 2.72. The Morgan fingerprint density at radius 2 is 1.57 bits per heavy atom. The van der Waals surface area contributed by atoms with Gasteiger partial charge in [-0.25, -0.2) is 4.98 Å². The number of hydrogen-bond donors (Lipinski definition) is 2. The molecule has 2 amide bonds. The average molecular weight is 375 g/mol. The second-order valence-corrected chi connectivity index (χ2v) is 6.06. The highest BCUT2D eigenvalue weighted by molar-refractivity contribution is 6.06. The number of methoxy groups -OCH3 is 1. The minimum Gasteiger partial charge on any atom is -0.497 e. The van der Waals surface area contributed by atoms with Crippen molar-refractivity contribution in [1.29, 1.82) is 0 Å². The molecule has 0 aliphatic rings. The molecular weight excluding hydrogens is 354 g/mol. The van der Waals surface area contributed by atoms with E-state index in [0.717, 1.165) is 17.7 Å². The van der Waals surface area contributed by atoms with Crippen LogP contribution in [0.1, 0.15) is 33.5 Å². The number of carbonyl (C=O) groups excluding carboxylic acids is 2. The van der Waals surface area contributed by atoms with E-state index in [2.05, 4.69) is 15.6 Å². The van der Waals surface area contributed by atoms with Gasteiger partial charge in [-0.2, -0.15) is 0 Å². The predicted octanol–water partition coefficient (Wildman–Crippen LogP) is 4.16. The Bertz CT molecular complexity index is 1000. The number of rotatable bonds is 6. The van der Waals surface area contributed by atoms with Crippen molar-refractivity contribution >= 4 is 23.2 Å². The van der Waals surface area contributed by atoms with Gasteiger partial charge in [0.15, 0.2) is 0 Å². The number of aromatic nitrogens is 1. The molecule has 0 saturated carbocycles. The Kier molecular flexibility index (Phi) is 6.01. The van der Waals surface area contributed by atoms with E-state index in [1.54, 1.807) is 49.6 Å². The fourth-order valence-corrected chi connectivity index (χ4v) is 2.72. The van der Waals surface area contributed by atoms with Crippen molar-refractivity contribution in [1.82, 2.24) is 4.98 Å². The maximum Gasteiger partial charge on any atom is 0.274 e. The van der Waals surface area contributed by atoms with Crippen LogP contribution in [0.2, 0.25) is 0 Å². The van der Waals surface area contributed by atoms with Crippen LogP contribution in [-0.4, -0.2) is 23.9 Å². The van der Waals surface area contributed by atoms with Gasteiger partial charge in [-0.3, -0.25) is 9.59 Å². The van der Waals surface area contributed by atoms with Crippen LogP contribution in [0.4, 0.5) is 11.4 Å². The number of para-hydroxylation sites is 1. The highest BCUT2D eigenvalue weighted by Crippen LogP contribution is 2.18. The van der Waals surface area contributed by atoms with Crippen molar-refractivity contribution in [2.75, 3.05) is 17.7 Å². The Morgan fingerprint density at radius 1 is 0.893 bits per heavy atom. The summed E-state index contributed by atoms with van der Waals surface area (Å²) in [5.74, 6) is -0.137. The van der Waals surface area contributed by atoms with Crippen molar-refractivity contribution in [3.8, 4) is 5.75 Å². The van der Waals surface area contributed by atoms with Crippen LogP contribution >= 0.6 is 0 Å². The van der Waals surface area contributed by atoms with Crippen molar-refractivity contribution in [2.24, 2.45) is 0 Å². The highest BCUT2D eigenvalue weighted by atomic mass is 16.5. The minimum atomic E-state index is -0.406. The number of pyridine rings is 1. The maximum atomic E-state index is 12.6. The predicted molar refractivity (Wildman–Crippen MR) is 109 cm³/mol. The van der Waals surface area contributed by atoms with Crippen LogP contribution in [-0.2, 0) is 6.42 Å². The molecule has 6 nitrogen and oxygen atoms in total. The van der Waals surface area contributed by atoms with Crippen molar-refractivity contribution in [3.05, 3.63) is 83.7 Å². The normalized spacial score (nSPS) is 10.2. The standard InChI is InChI=1S/C22H21N3O3/c1-3-15-8-4-5-11-18(15)25-22(27)20-13-7-12-19(24-20)21(26)23-16-9-6-10-17(14-16)28-2/h4-14H,3H2,1-2H3,(H,23,26)(H,25,27). The molecule has 0 bridgehead atoms. The molecule has 0 aliphatic heterocycles. The number of benzene rings is 2. The van der Waals surface area contributed by atoms with Crippen LogP contribution in [0.5, 0.6) is 5.75 Å². The smallest absolute Gasteiger partial charge is 0.274 e.